The van der Waals surface area contributed by atoms with Crippen LogP contribution in [0.3, 0.4) is 0 Å². The van der Waals surface area contributed by atoms with E-state index >= 15 is 0 Å². The summed E-state index contributed by atoms with van der Waals surface area (Å²) in [5.74, 6) is 0.429. The maximum atomic E-state index is 9.32. The smallest absolute Gasteiger partial charge is 0.0437 e. The van der Waals surface area contributed by atoms with E-state index in [4.69, 9.17) is 0 Å². The second-order valence-electron chi connectivity index (χ2n) is 6.58. The zero-order chi connectivity index (χ0) is 14.5. The van der Waals surface area contributed by atoms with Crippen LogP contribution in [-0.4, -0.2) is 48.3 Å². The fourth-order valence-electron chi connectivity index (χ4n) is 3.99. The summed E-state index contributed by atoms with van der Waals surface area (Å²) in [7, 11) is 0. The van der Waals surface area contributed by atoms with Crippen LogP contribution >= 0.6 is 0 Å². The summed E-state index contributed by atoms with van der Waals surface area (Å²) >= 11 is 0. The highest BCUT2D eigenvalue weighted by Gasteiger charge is 2.31. The quantitative estimate of drug-likeness (QED) is 0.843. The van der Waals surface area contributed by atoms with Crippen molar-refractivity contribution < 1.29 is 5.11 Å². The van der Waals surface area contributed by atoms with Gasteiger partial charge in [0.15, 0.2) is 0 Å². The third-order valence-electron chi connectivity index (χ3n) is 5.22. The van der Waals surface area contributed by atoms with Gasteiger partial charge in [-0.3, -0.25) is 0 Å². The number of aliphatic hydroxyl groups excluding tert-OH is 1. The van der Waals surface area contributed by atoms with E-state index in [2.05, 4.69) is 40.5 Å². The molecule has 1 aromatic rings. The molecule has 0 spiro atoms. The van der Waals surface area contributed by atoms with Gasteiger partial charge in [-0.25, -0.2) is 0 Å². The minimum Gasteiger partial charge on any atom is -0.396 e. The topological polar surface area (TPSA) is 35.5 Å². The number of benzene rings is 1. The highest BCUT2D eigenvalue weighted by molar-refractivity contribution is 5.19. The Bertz CT molecular complexity index is 422. The van der Waals surface area contributed by atoms with Gasteiger partial charge in [0.25, 0.3) is 0 Å². The Morgan fingerprint density at radius 2 is 2.05 bits per heavy atom. The van der Waals surface area contributed by atoms with E-state index in [0.29, 0.717) is 12.0 Å². The van der Waals surface area contributed by atoms with Crippen LogP contribution in [0.5, 0.6) is 0 Å². The number of hydrogen-bond acceptors (Lipinski definition) is 3. The van der Waals surface area contributed by atoms with Crippen molar-refractivity contribution in [1.82, 2.24) is 10.2 Å². The van der Waals surface area contributed by atoms with E-state index in [0.717, 1.165) is 19.0 Å². The fourth-order valence-corrected chi connectivity index (χ4v) is 3.99. The average Bonchev–Trinajstić information content (AvgIpc) is 3.00. The molecule has 3 atom stereocenters. The van der Waals surface area contributed by atoms with E-state index in [1.807, 2.05) is 0 Å². The fraction of sp³-hybridized carbons (Fsp3) is 0.667. The first-order chi connectivity index (χ1) is 10.4. The summed E-state index contributed by atoms with van der Waals surface area (Å²) < 4.78 is 0. The summed E-state index contributed by atoms with van der Waals surface area (Å²) in [5, 5.41) is 13.1. The lowest BCUT2D eigenvalue weighted by Crippen LogP contribution is -2.46. The largest absolute Gasteiger partial charge is 0.396 e. The molecule has 0 aromatic heterocycles. The SMILES string of the molecule is OCCC(CNC1CCN2CCCC2C1)c1ccccc1. The van der Waals surface area contributed by atoms with E-state index in [-0.39, 0.29) is 6.61 Å². The van der Waals surface area contributed by atoms with Gasteiger partial charge < -0.3 is 15.3 Å². The lowest BCUT2D eigenvalue weighted by molar-refractivity contribution is 0.165. The van der Waals surface area contributed by atoms with Crippen LogP contribution < -0.4 is 5.32 Å². The van der Waals surface area contributed by atoms with E-state index in [1.165, 1.54) is 44.3 Å². The van der Waals surface area contributed by atoms with E-state index in [1.54, 1.807) is 0 Å². The van der Waals surface area contributed by atoms with Crippen molar-refractivity contribution in [2.45, 2.75) is 50.1 Å². The first-order valence-electron chi connectivity index (χ1n) is 8.50. The molecule has 3 rings (SSSR count). The van der Waals surface area contributed by atoms with Crippen molar-refractivity contribution >= 4 is 0 Å². The predicted molar refractivity (Wildman–Crippen MR) is 86.5 cm³/mol. The number of nitrogens with zero attached hydrogens (tertiary/aromatic N) is 1. The third-order valence-corrected chi connectivity index (χ3v) is 5.22. The Kier molecular flexibility index (Phi) is 5.28. The molecule has 2 fully saturated rings. The lowest BCUT2D eigenvalue weighted by atomic mass is 9.93. The van der Waals surface area contributed by atoms with Crippen molar-refractivity contribution in [1.29, 1.82) is 0 Å². The molecule has 2 aliphatic heterocycles. The van der Waals surface area contributed by atoms with Crippen LogP contribution in [0.15, 0.2) is 30.3 Å². The van der Waals surface area contributed by atoms with Gasteiger partial charge in [0.05, 0.1) is 0 Å². The van der Waals surface area contributed by atoms with E-state index < -0.39 is 0 Å². The Morgan fingerprint density at radius 3 is 2.86 bits per heavy atom. The maximum absolute atomic E-state index is 9.32. The highest BCUT2D eigenvalue weighted by Crippen LogP contribution is 2.27. The molecule has 0 amide bonds. The molecule has 3 nitrogen and oxygen atoms in total. The molecule has 2 heterocycles. The molecular formula is C18H28N2O. The van der Waals surface area contributed by atoms with Crippen molar-refractivity contribution in [3.05, 3.63) is 35.9 Å². The maximum Gasteiger partial charge on any atom is 0.0437 e. The molecule has 3 heteroatoms. The van der Waals surface area contributed by atoms with Crippen LogP contribution in [0.4, 0.5) is 0 Å². The lowest BCUT2D eigenvalue weighted by Gasteiger charge is -2.36. The number of piperidine rings is 1. The van der Waals surface area contributed by atoms with Gasteiger partial charge in [0.2, 0.25) is 0 Å². The second kappa shape index (κ2) is 7.39. The van der Waals surface area contributed by atoms with Crippen molar-refractivity contribution in [3.8, 4) is 0 Å². The zero-order valence-corrected chi connectivity index (χ0v) is 12.9. The van der Waals surface area contributed by atoms with Crippen LogP contribution in [0, 0.1) is 0 Å². The summed E-state index contributed by atoms with van der Waals surface area (Å²) in [6.45, 7) is 3.83. The molecule has 2 saturated heterocycles. The van der Waals surface area contributed by atoms with Gasteiger partial charge in [-0.05, 0) is 56.7 Å². The molecule has 0 saturated carbocycles. The van der Waals surface area contributed by atoms with Gasteiger partial charge >= 0.3 is 0 Å². The molecule has 0 aliphatic carbocycles. The standard InChI is InChI=1S/C18H28N2O/c21-12-9-16(15-5-2-1-3-6-15)14-19-17-8-11-20-10-4-7-18(20)13-17/h1-3,5-6,16-19,21H,4,7-14H2. The first kappa shape index (κ1) is 15.0. The summed E-state index contributed by atoms with van der Waals surface area (Å²) in [6.07, 6.45) is 6.20. The molecule has 116 valence electrons. The zero-order valence-electron chi connectivity index (χ0n) is 12.9. The molecule has 0 radical (unpaired) electrons. The van der Waals surface area contributed by atoms with Gasteiger partial charge in [0.1, 0.15) is 0 Å². The molecule has 0 bridgehead atoms. The Hall–Kier alpha value is -0.900. The third kappa shape index (κ3) is 3.85. The van der Waals surface area contributed by atoms with Crippen LogP contribution in [0.2, 0.25) is 0 Å². The second-order valence-corrected chi connectivity index (χ2v) is 6.58. The summed E-state index contributed by atoms with van der Waals surface area (Å²) in [6, 6.07) is 12.1. The van der Waals surface area contributed by atoms with Crippen LogP contribution in [0.25, 0.3) is 0 Å². The summed E-state index contributed by atoms with van der Waals surface area (Å²) in [4.78, 5) is 2.67. The minimum atomic E-state index is 0.266. The Morgan fingerprint density at radius 1 is 1.19 bits per heavy atom. The van der Waals surface area contributed by atoms with Gasteiger partial charge in [0, 0.05) is 25.2 Å². The monoisotopic (exact) mass is 288 g/mol. The van der Waals surface area contributed by atoms with Gasteiger partial charge in [-0.15, -0.1) is 0 Å². The van der Waals surface area contributed by atoms with E-state index in [9.17, 15) is 5.11 Å². The van der Waals surface area contributed by atoms with Crippen molar-refractivity contribution in [2.75, 3.05) is 26.2 Å². The molecule has 2 N–H and O–H groups in total. The van der Waals surface area contributed by atoms with Crippen molar-refractivity contribution in [2.24, 2.45) is 0 Å². The van der Waals surface area contributed by atoms with Crippen molar-refractivity contribution in [3.63, 3.8) is 0 Å². The normalized spacial score (nSPS) is 27.5. The molecular weight excluding hydrogens is 260 g/mol. The minimum absolute atomic E-state index is 0.266. The Labute approximate surface area is 128 Å². The first-order valence-corrected chi connectivity index (χ1v) is 8.50. The number of aliphatic hydroxyl groups is 1. The predicted octanol–water partition coefficient (Wildman–Crippen LogP) is 2.37. The van der Waals surface area contributed by atoms with Crippen LogP contribution in [-0.2, 0) is 0 Å². The number of rotatable bonds is 6. The average molecular weight is 288 g/mol. The molecule has 3 unspecified atom stereocenters. The van der Waals surface area contributed by atoms with Crippen LogP contribution in [0.1, 0.15) is 43.6 Å². The Balaban J connectivity index is 1.52. The van der Waals surface area contributed by atoms with Gasteiger partial charge in [-0.1, -0.05) is 30.3 Å². The molecule has 2 aliphatic rings. The molecule has 21 heavy (non-hydrogen) atoms. The number of nitrogens with one attached hydrogen (secondary N) is 1. The number of hydrogen-bond donors (Lipinski definition) is 2. The van der Waals surface area contributed by atoms with Gasteiger partial charge in [-0.2, -0.15) is 0 Å². The highest BCUT2D eigenvalue weighted by atomic mass is 16.3. The number of fused-ring (bicyclic) bond motifs is 1. The summed E-state index contributed by atoms with van der Waals surface area (Å²) in [5.41, 5.74) is 1.34. The molecule has 1 aromatic carbocycles.